The van der Waals surface area contributed by atoms with Crippen molar-refractivity contribution in [2.75, 3.05) is 6.54 Å². The fourth-order valence-electron chi connectivity index (χ4n) is 2.25. The number of amides is 1. The molecule has 1 unspecified atom stereocenters. The van der Waals surface area contributed by atoms with Crippen molar-refractivity contribution in [3.63, 3.8) is 0 Å². The lowest BCUT2D eigenvalue weighted by molar-refractivity contribution is -0.123. The summed E-state index contributed by atoms with van der Waals surface area (Å²) in [5, 5.41) is 2.89. The number of carbonyl (C=O) groups is 1. The zero-order valence-electron chi connectivity index (χ0n) is 11.9. The van der Waals surface area contributed by atoms with Crippen LogP contribution in [0.1, 0.15) is 30.0 Å². The van der Waals surface area contributed by atoms with E-state index in [-0.39, 0.29) is 24.3 Å². The Morgan fingerprint density at radius 2 is 1.81 bits per heavy atom. The van der Waals surface area contributed by atoms with Crippen LogP contribution >= 0.6 is 0 Å². The van der Waals surface area contributed by atoms with Crippen molar-refractivity contribution in [3.8, 4) is 0 Å². The second kappa shape index (κ2) is 6.99. The van der Waals surface area contributed by atoms with Crippen LogP contribution in [0, 0.1) is 5.82 Å². The Bertz CT molecular complexity index is 601. The molecule has 2 atom stereocenters. The number of nitrogens with two attached hydrogens (primary N) is 1. The van der Waals surface area contributed by atoms with Gasteiger partial charge in [-0.1, -0.05) is 42.5 Å². The largest absolute Gasteiger partial charge is 0.349 e. The molecule has 21 heavy (non-hydrogen) atoms. The molecular weight excluding hydrogens is 267 g/mol. The van der Waals surface area contributed by atoms with Gasteiger partial charge < -0.3 is 11.1 Å². The van der Waals surface area contributed by atoms with E-state index in [9.17, 15) is 9.18 Å². The molecule has 3 N–H and O–H groups in total. The summed E-state index contributed by atoms with van der Waals surface area (Å²) in [6.45, 7) is 2.05. The Morgan fingerprint density at radius 3 is 2.43 bits per heavy atom. The molecule has 0 saturated heterocycles. The van der Waals surface area contributed by atoms with E-state index in [0.29, 0.717) is 0 Å². The highest BCUT2D eigenvalue weighted by Gasteiger charge is 2.20. The molecule has 0 bridgehead atoms. The Balaban J connectivity index is 2.09. The monoisotopic (exact) mass is 286 g/mol. The SMILES string of the molecule is C[C@H](NC(=O)C(CN)c1ccccc1)c1cccc(F)c1. The number of halogens is 1. The Labute approximate surface area is 124 Å². The number of hydrogen-bond acceptors (Lipinski definition) is 2. The molecule has 1 amide bonds. The smallest absolute Gasteiger partial charge is 0.229 e. The summed E-state index contributed by atoms with van der Waals surface area (Å²) in [4.78, 5) is 12.4. The van der Waals surface area contributed by atoms with Gasteiger partial charge in [-0.05, 0) is 30.2 Å². The van der Waals surface area contributed by atoms with Gasteiger partial charge in [-0.3, -0.25) is 4.79 Å². The van der Waals surface area contributed by atoms with Gasteiger partial charge in [0.25, 0.3) is 0 Å². The van der Waals surface area contributed by atoms with Gasteiger partial charge in [0, 0.05) is 6.54 Å². The fourth-order valence-corrected chi connectivity index (χ4v) is 2.25. The lowest BCUT2D eigenvalue weighted by atomic mass is 9.97. The van der Waals surface area contributed by atoms with Gasteiger partial charge in [0.15, 0.2) is 0 Å². The lowest BCUT2D eigenvalue weighted by Crippen LogP contribution is -2.35. The third-order valence-corrected chi connectivity index (χ3v) is 3.46. The van der Waals surface area contributed by atoms with E-state index in [1.54, 1.807) is 12.1 Å². The molecule has 0 spiro atoms. The van der Waals surface area contributed by atoms with E-state index < -0.39 is 5.92 Å². The molecule has 0 aliphatic carbocycles. The molecule has 0 radical (unpaired) electrons. The quantitative estimate of drug-likeness (QED) is 0.888. The Morgan fingerprint density at radius 1 is 1.14 bits per heavy atom. The minimum Gasteiger partial charge on any atom is -0.349 e. The van der Waals surface area contributed by atoms with Crippen LogP contribution in [0.2, 0.25) is 0 Å². The molecule has 3 nitrogen and oxygen atoms in total. The van der Waals surface area contributed by atoms with Crippen LogP contribution in [0.4, 0.5) is 4.39 Å². The molecule has 0 fully saturated rings. The molecular formula is C17H19FN2O. The summed E-state index contributed by atoms with van der Waals surface area (Å²) in [5.74, 6) is -0.866. The van der Waals surface area contributed by atoms with E-state index in [4.69, 9.17) is 5.73 Å². The van der Waals surface area contributed by atoms with Crippen molar-refractivity contribution in [1.29, 1.82) is 0 Å². The predicted molar refractivity (Wildman–Crippen MR) is 81.2 cm³/mol. The van der Waals surface area contributed by atoms with Crippen molar-refractivity contribution < 1.29 is 9.18 Å². The molecule has 110 valence electrons. The summed E-state index contributed by atoms with van der Waals surface area (Å²) in [7, 11) is 0. The first-order valence-electron chi connectivity index (χ1n) is 6.92. The zero-order valence-corrected chi connectivity index (χ0v) is 11.9. The van der Waals surface area contributed by atoms with Crippen LogP contribution in [-0.2, 0) is 4.79 Å². The summed E-state index contributed by atoms with van der Waals surface area (Å²) in [6, 6.07) is 15.3. The minimum atomic E-state index is -0.401. The first kappa shape index (κ1) is 15.2. The van der Waals surface area contributed by atoms with Gasteiger partial charge in [0.2, 0.25) is 5.91 Å². The first-order chi connectivity index (χ1) is 10.1. The maximum Gasteiger partial charge on any atom is 0.229 e. The highest BCUT2D eigenvalue weighted by atomic mass is 19.1. The van der Waals surface area contributed by atoms with Crippen molar-refractivity contribution in [2.45, 2.75) is 18.9 Å². The molecule has 0 aliphatic heterocycles. The number of carbonyl (C=O) groups excluding carboxylic acids is 1. The first-order valence-corrected chi connectivity index (χ1v) is 6.92. The normalized spacial score (nSPS) is 13.5. The lowest BCUT2D eigenvalue weighted by Gasteiger charge is -2.20. The Kier molecular flexibility index (Phi) is 5.06. The maximum atomic E-state index is 13.2. The van der Waals surface area contributed by atoms with Crippen LogP contribution in [0.25, 0.3) is 0 Å². The highest BCUT2D eigenvalue weighted by molar-refractivity contribution is 5.84. The zero-order chi connectivity index (χ0) is 15.2. The predicted octanol–water partition coefficient (Wildman–Crippen LogP) is 2.75. The van der Waals surface area contributed by atoms with E-state index in [0.717, 1.165) is 11.1 Å². The number of nitrogens with one attached hydrogen (secondary N) is 1. The standard InChI is InChI=1S/C17H19FN2O/c1-12(14-8-5-9-15(18)10-14)20-17(21)16(11-19)13-6-3-2-4-7-13/h2-10,12,16H,11,19H2,1H3,(H,20,21)/t12-,16?/m0/s1. The van der Waals surface area contributed by atoms with E-state index in [1.807, 2.05) is 37.3 Å². The molecule has 2 aromatic rings. The maximum absolute atomic E-state index is 13.2. The van der Waals surface area contributed by atoms with Crippen LogP contribution in [0.5, 0.6) is 0 Å². The molecule has 4 heteroatoms. The summed E-state index contributed by atoms with van der Waals surface area (Å²) in [6.07, 6.45) is 0. The average molecular weight is 286 g/mol. The van der Waals surface area contributed by atoms with Gasteiger partial charge in [-0.15, -0.1) is 0 Å². The van der Waals surface area contributed by atoms with Crippen LogP contribution in [-0.4, -0.2) is 12.5 Å². The molecule has 2 aromatic carbocycles. The van der Waals surface area contributed by atoms with Crippen molar-refractivity contribution in [2.24, 2.45) is 5.73 Å². The average Bonchev–Trinajstić information content (AvgIpc) is 2.49. The van der Waals surface area contributed by atoms with Crippen molar-refractivity contribution in [3.05, 3.63) is 71.5 Å². The van der Waals surface area contributed by atoms with E-state index in [2.05, 4.69) is 5.32 Å². The summed E-state index contributed by atoms with van der Waals surface area (Å²) < 4.78 is 13.2. The van der Waals surface area contributed by atoms with Crippen LogP contribution < -0.4 is 11.1 Å². The Hall–Kier alpha value is -2.20. The summed E-state index contributed by atoms with van der Waals surface area (Å²) >= 11 is 0. The van der Waals surface area contributed by atoms with Gasteiger partial charge in [0.1, 0.15) is 5.82 Å². The topological polar surface area (TPSA) is 55.1 Å². The molecule has 0 saturated carbocycles. The minimum absolute atomic E-state index is 0.152. The van der Waals surface area contributed by atoms with Crippen molar-refractivity contribution in [1.82, 2.24) is 5.32 Å². The highest BCUT2D eigenvalue weighted by Crippen LogP contribution is 2.18. The van der Waals surface area contributed by atoms with Gasteiger partial charge in [-0.2, -0.15) is 0 Å². The number of benzene rings is 2. The fraction of sp³-hybridized carbons (Fsp3) is 0.235. The summed E-state index contributed by atoms with van der Waals surface area (Å²) in [5.41, 5.74) is 7.33. The number of hydrogen-bond donors (Lipinski definition) is 2. The number of rotatable bonds is 5. The molecule has 0 aromatic heterocycles. The molecule has 2 rings (SSSR count). The van der Waals surface area contributed by atoms with E-state index >= 15 is 0 Å². The van der Waals surface area contributed by atoms with Gasteiger partial charge in [-0.25, -0.2) is 4.39 Å². The third kappa shape index (κ3) is 3.89. The molecule has 0 heterocycles. The van der Waals surface area contributed by atoms with Gasteiger partial charge >= 0.3 is 0 Å². The third-order valence-electron chi connectivity index (χ3n) is 3.46. The second-order valence-corrected chi connectivity index (χ2v) is 4.98. The van der Waals surface area contributed by atoms with Crippen molar-refractivity contribution >= 4 is 5.91 Å². The van der Waals surface area contributed by atoms with Crippen LogP contribution in [0.3, 0.4) is 0 Å². The van der Waals surface area contributed by atoms with Gasteiger partial charge in [0.05, 0.1) is 12.0 Å². The van der Waals surface area contributed by atoms with Crippen LogP contribution in [0.15, 0.2) is 54.6 Å². The molecule has 0 aliphatic rings. The van der Waals surface area contributed by atoms with E-state index in [1.165, 1.54) is 12.1 Å². The second-order valence-electron chi connectivity index (χ2n) is 4.98.